The van der Waals surface area contributed by atoms with Gasteiger partial charge in [-0.2, -0.15) is 0 Å². The maximum Gasteiger partial charge on any atom is 0.243 e. The molecule has 0 unspecified atom stereocenters. The molecule has 4 nitrogen and oxygen atoms in total. The molecule has 0 saturated heterocycles. The Kier molecular flexibility index (Phi) is 4.39. The minimum absolute atomic E-state index is 0.253. The molecular formula is C13H13ClN2O2S. The summed E-state index contributed by atoms with van der Waals surface area (Å²) in [7, 11) is 1.62. The lowest BCUT2D eigenvalue weighted by Gasteiger charge is -2.02. The van der Waals surface area contributed by atoms with Gasteiger partial charge in [0.1, 0.15) is 11.1 Å². The van der Waals surface area contributed by atoms with Crippen LogP contribution in [-0.2, 0) is 4.79 Å². The van der Waals surface area contributed by atoms with Gasteiger partial charge in [-0.3, -0.25) is 4.79 Å². The largest absolute Gasteiger partial charge is 0.497 e. The number of carbonyl (C=O) groups excluding carboxylic acids is 1. The first kappa shape index (κ1) is 13.8. The molecule has 0 bridgehead atoms. The first-order chi connectivity index (χ1) is 9.10. The number of halogens is 1. The minimum atomic E-state index is -0.576. The van der Waals surface area contributed by atoms with Crippen molar-refractivity contribution in [3.63, 3.8) is 0 Å². The van der Waals surface area contributed by atoms with Crippen LogP contribution < -0.4 is 10.1 Å². The van der Waals surface area contributed by atoms with Gasteiger partial charge in [0.05, 0.1) is 12.8 Å². The third-order valence-electron chi connectivity index (χ3n) is 2.48. The minimum Gasteiger partial charge on any atom is -0.497 e. The van der Waals surface area contributed by atoms with E-state index in [0.29, 0.717) is 5.13 Å². The number of thiazole rings is 1. The van der Waals surface area contributed by atoms with Crippen LogP contribution in [0.25, 0.3) is 11.3 Å². The smallest absolute Gasteiger partial charge is 0.243 e. The molecular weight excluding hydrogens is 284 g/mol. The first-order valence-electron chi connectivity index (χ1n) is 5.65. The lowest BCUT2D eigenvalue weighted by molar-refractivity contribution is -0.115. The molecule has 1 heterocycles. The molecule has 2 aromatic rings. The summed E-state index contributed by atoms with van der Waals surface area (Å²) < 4.78 is 5.10. The van der Waals surface area contributed by atoms with Gasteiger partial charge in [0, 0.05) is 10.9 Å². The summed E-state index contributed by atoms with van der Waals surface area (Å²) in [4.78, 5) is 15.8. The highest BCUT2D eigenvalue weighted by molar-refractivity contribution is 7.14. The number of nitrogens with zero attached hydrogens (tertiary/aromatic N) is 1. The fourth-order valence-corrected chi connectivity index (χ4v) is 2.21. The van der Waals surface area contributed by atoms with Gasteiger partial charge in [0.15, 0.2) is 5.13 Å². The van der Waals surface area contributed by atoms with Gasteiger partial charge in [0.2, 0.25) is 5.91 Å². The maximum atomic E-state index is 11.4. The molecule has 1 aromatic carbocycles. The predicted octanol–water partition coefficient (Wildman–Crippen LogP) is 3.38. The number of methoxy groups -OCH3 is 1. The quantitative estimate of drug-likeness (QED) is 0.880. The molecule has 1 N–H and O–H groups in total. The Morgan fingerprint density at radius 1 is 1.42 bits per heavy atom. The van der Waals surface area contributed by atoms with Crippen LogP contribution in [0.2, 0.25) is 0 Å². The van der Waals surface area contributed by atoms with Crippen molar-refractivity contribution in [2.45, 2.75) is 12.3 Å². The highest BCUT2D eigenvalue weighted by Gasteiger charge is 2.12. The average Bonchev–Trinajstić information content (AvgIpc) is 2.87. The molecule has 0 aliphatic rings. The number of hydrogen-bond donors (Lipinski definition) is 1. The zero-order chi connectivity index (χ0) is 13.8. The second-order valence-corrected chi connectivity index (χ2v) is 5.38. The maximum absolute atomic E-state index is 11.4. The summed E-state index contributed by atoms with van der Waals surface area (Å²) in [6.45, 7) is 1.62. The van der Waals surface area contributed by atoms with Crippen LogP contribution in [0.4, 0.5) is 5.13 Å². The fraction of sp³-hybridized carbons (Fsp3) is 0.231. The van der Waals surface area contributed by atoms with Crippen LogP contribution in [0.5, 0.6) is 5.75 Å². The SMILES string of the molecule is COc1ccc(-c2csc(NC(=O)[C@@H](C)Cl)n2)cc1. The highest BCUT2D eigenvalue weighted by atomic mass is 35.5. The van der Waals surface area contributed by atoms with Crippen LogP contribution in [0.15, 0.2) is 29.6 Å². The van der Waals surface area contributed by atoms with Gasteiger partial charge in [-0.15, -0.1) is 22.9 Å². The van der Waals surface area contributed by atoms with Gasteiger partial charge in [-0.05, 0) is 31.2 Å². The first-order valence-corrected chi connectivity index (χ1v) is 6.96. The van der Waals surface area contributed by atoms with E-state index in [4.69, 9.17) is 16.3 Å². The summed E-state index contributed by atoms with van der Waals surface area (Å²) in [5, 5.41) is 4.52. The van der Waals surface area contributed by atoms with E-state index in [2.05, 4.69) is 10.3 Å². The molecule has 2 rings (SSSR count). The molecule has 1 aromatic heterocycles. The van der Waals surface area contributed by atoms with Gasteiger partial charge >= 0.3 is 0 Å². The zero-order valence-corrected chi connectivity index (χ0v) is 12.1. The molecule has 0 radical (unpaired) electrons. The van der Waals surface area contributed by atoms with Crippen LogP contribution in [0.1, 0.15) is 6.92 Å². The van der Waals surface area contributed by atoms with E-state index in [0.717, 1.165) is 17.0 Å². The van der Waals surface area contributed by atoms with E-state index in [1.54, 1.807) is 14.0 Å². The molecule has 19 heavy (non-hydrogen) atoms. The molecule has 0 aliphatic heterocycles. The normalized spacial score (nSPS) is 11.9. The lowest BCUT2D eigenvalue weighted by Crippen LogP contribution is -2.20. The summed E-state index contributed by atoms with van der Waals surface area (Å²) in [5.74, 6) is 0.542. The van der Waals surface area contributed by atoms with E-state index in [9.17, 15) is 4.79 Å². The number of hydrogen-bond acceptors (Lipinski definition) is 4. The van der Waals surface area contributed by atoms with E-state index < -0.39 is 5.38 Å². The summed E-state index contributed by atoms with van der Waals surface area (Å²) in [5.41, 5.74) is 1.78. The van der Waals surface area contributed by atoms with Gasteiger partial charge in [0.25, 0.3) is 0 Å². The molecule has 0 saturated carbocycles. The topological polar surface area (TPSA) is 51.2 Å². The number of benzene rings is 1. The van der Waals surface area contributed by atoms with Crippen molar-refractivity contribution in [2.75, 3.05) is 12.4 Å². The van der Waals surface area contributed by atoms with Crippen LogP contribution in [0, 0.1) is 0 Å². The Balaban J connectivity index is 2.13. The Morgan fingerprint density at radius 3 is 2.68 bits per heavy atom. The van der Waals surface area contributed by atoms with E-state index in [1.165, 1.54) is 11.3 Å². The van der Waals surface area contributed by atoms with Crippen LogP contribution in [-0.4, -0.2) is 23.4 Å². The van der Waals surface area contributed by atoms with Crippen LogP contribution in [0.3, 0.4) is 0 Å². The Labute approximate surface area is 120 Å². The predicted molar refractivity (Wildman–Crippen MR) is 78.0 cm³/mol. The number of amides is 1. The number of nitrogens with one attached hydrogen (secondary N) is 1. The number of rotatable bonds is 4. The number of ether oxygens (including phenoxy) is 1. The summed E-state index contributed by atoms with van der Waals surface area (Å²) in [6.07, 6.45) is 0. The van der Waals surface area contributed by atoms with E-state index in [1.807, 2.05) is 29.6 Å². The van der Waals surface area contributed by atoms with Crippen molar-refractivity contribution in [2.24, 2.45) is 0 Å². The summed E-state index contributed by atoms with van der Waals surface area (Å²) >= 11 is 7.05. The molecule has 100 valence electrons. The second-order valence-electron chi connectivity index (χ2n) is 3.87. The van der Waals surface area contributed by atoms with Gasteiger partial charge in [-0.1, -0.05) is 0 Å². The molecule has 0 spiro atoms. The van der Waals surface area contributed by atoms with Crippen molar-refractivity contribution in [3.8, 4) is 17.0 Å². The van der Waals surface area contributed by atoms with E-state index in [-0.39, 0.29) is 5.91 Å². The lowest BCUT2D eigenvalue weighted by atomic mass is 10.2. The second kappa shape index (κ2) is 6.04. The van der Waals surface area contributed by atoms with Crippen molar-refractivity contribution in [1.82, 2.24) is 4.98 Å². The number of carbonyl (C=O) groups is 1. The van der Waals surface area contributed by atoms with Crippen molar-refractivity contribution in [3.05, 3.63) is 29.6 Å². The Hall–Kier alpha value is -1.59. The van der Waals surface area contributed by atoms with Crippen molar-refractivity contribution in [1.29, 1.82) is 0 Å². The third kappa shape index (κ3) is 3.45. The van der Waals surface area contributed by atoms with Crippen molar-refractivity contribution >= 4 is 34.0 Å². The highest BCUT2D eigenvalue weighted by Crippen LogP contribution is 2.26. The molecule has 0 aliphatic carbocycles. The van der Waals surface area contributed by atoms with Gasteiger partial charge in [-0.25, -0.2) is 4.98 Å². The monoisotopic (exact) mass is 296 g/mol. The van der Waals surface area contributed by atoms with Crippen molar-refractivity contribution < 1.29 is 9.53 Å². The fourth-order valence-electron chi connectivity index (χ4n) is 1.43. The molecule has 1 atom stereocenters. The Morgan fingerprint density at radius 2 is 2.11 bits per heavy atom. The van der Waals surface area contributed by atoms with Gasteiger partial charge < -0.3 is 10.1 Å². The standard InChI is InChI=1S/C13H13ClN2O2S/c1-8(14)12(17)16-13-15-11(7-19-13)9-3-5-10(18-2)6-4-9/h3-8H,1-2H3,(H,15,16,17)/t8-/m1/s1. The Bertz CT molecular complexity index is 566. The molecule has 0 fully saturated rings. The third-order valence-corrected chi connectivity index (χ3v) is 3.44. The number of aromatic nitrogens is 1. The zero-order valence-electron chi connectivity index (χ0n) is 10.5. The average molecular weight is 297 g/mol. The van der Waals surface area contributed by atoms with E-state index >= 15 is 0 Å². The number of anilines is 1. The molecule has 1 amide bonds. The summed E-state index contributed by atoms with van der Waals surface area (Å²) in [6, 6.07) is 7.58. The van der Waals surface area contributed by atoms with Crippen LogP contribution >= 0.6 is 22.9 Å². The molecule has 6 heteroatoms. The number of alkyl halides is 1.